The Morgan fingerprint density at radius 2 is 1.64 bits per heavy atom. The van der Waals surface area contributed by atoms with Gasteiger partial charge in [0.1, 0.15) is 0 Å². The normalized spacial score (nSPS) is 11.6. The van der Waals surface area contributed by atoms with Crippen LogP contribution >= 0.6 is 0 Å². The Bertz CT molecular complexity index is 1120. The molecule has 2 aromatic carbocycles. The van der Waals surface area contributed by atoms with Gasteiger partial charge in [0.25, 0.3) is 0 Å². The van der Waals surface area contributed by atoms with Gasteiger partial charge >= 0.3 is 0 Å². The Labute approximate surface area is 125 Å². The molecule has 0 aliphatic carbocycles. The lowest BCUT2D eigenvalue weighted by Gasteiger charge is -1.99. The van der Waals surface area contributed by atoms with Crippen molar-refractivity contribution in [3.05, 3.63) is 60.8 Å². The van der Waals surface area contributed by atoms with Crippen LogP contribution in [-0.4, -0.2) is 24.8 Å². The molecule has 0 radical (unpaired) electrons. The molecule has 5 rings (SSSR count). The van der Waals surface area contributed by atoms with E-state index in [1.165, 1.54) is 0 Å². The number of para-hydroxylation sites is 1. The zero-order valence-electron chi connectivity index (χ0n) is 11.6. The summed E-state index contributed by atoms with van der Waals surface area (Å²) in [5.41, 5.74) is 3.79. The molecule has 0 saturated carbocycles. The molecule has 0 spiro atoms. The number of aromatic amines is 1. The Morgan fingerprint density at radius 1 is 0.818 bits per heavy atom. The van der Waals surface area contributed by atoms with E-state index in [-0.39, 0.29) is 0 Å². The molecule has 0 bridgehead atoms. The SMILES string of the molecule is c1ccc(-c2nnc3c4[nH]c5ccccc5c4cnn23)cc1. The minimum absolute atomic E-state index is 0.743. The van der Waals surface area contributed by atoms with Crippen LogP contribution in [0.15, 0.2) is 60.8 Å². The van der Waals surface area contributed by atoms with Crippen molar-refractivity contribution in [2.75, 3.05) is 0 Å². The summed E-state index contributed by atoms with van der Waals surface area (Å²) < 4.78 is 1.78. The van der Waals surface area contributed by atoms with Crippen LogP contribution in [-0.2, 0) is 0 Å². The van der Waals surface area contributed by atoms with Gasteiger partial charge in [-0.15, -0.1) is 10.2 Å². The summed E-state index contributed by atoms with van der Waals surface area (Å²) in [5.74, 6) is 0.746. The van der Waals surface area contributed by atoms with Crippen molar-refractivity contribution in [1.29, 1.82) is 0 Å². The third kappa shape index (κ3) is 1.45. The molecule has 22 heavy (non-hydrogen) atoms. The second-order valence-electron chi connectivity index (χ2n) is 5.23. The van der Waals surface area contributed by atoms with E-state index in [2.05, 4.69) is 32.4 Å². The van der Waals surface area contributed by atoms with Crippen LogP contribution in [0.4, 0.5) is 0 Å². The molecule has 0 unspecified atom stereocenters. The molecule has 0 atom stereocenters. The van der Waals surface area contributed by atoms with E-state index < -0.39 is 0 Å². The average molecular weight is 285 g/mol. The number of benzene rings is 2. The van der Waals surface area contributed by atoms with Gasteiger partial charge in [-0.25, -0.2) is 0 Å². The van der Waals surface area contributed by atoms with Gasteiger partial charge in [-0.3, -0.25) is 0 Å². The van der Waals surface area contributed by atoms with E-state index >= 15 is 0 Å². The summed E-state index contributed by atoms with van der Waals surface area (Å²) in [6, 6.07) is 18.1. The van der Waals surface area contributed by atoms with E-state index in [4.69, 9.17) is 0 Å². The lowest BCUT2D eigenvalue weighted by Crippen LogP contribution is -1.94. The summed E-state index contributed by atoms with van der Waals surface area (Å²) in [5, 5.41) is 15.4. The van der Waals surface area contributed by atoms with Gasteiger partial charge < -0.3 is 4.98 Å². The minimum Gasteiger partial charge on any atom is -0.351 e. The summed E-state index contributed by atoms with van der Waals surface area (Å²) in [7, 11) is 0. The van der Waals surface area contributed by atoms with E-state index in [0.717, 1.165) is 38.8 Å². The maximum atomic E-state index is 4.54. The molecule has 0 saturated heterocycles. The number of nitrogens with zero attached hydrogens (tertiary/aromatic N) is 4. The van der Waals surface area contributed by atoms with Crippen molar-refractivity contribution in [2.24, 2.45) is 0 Å². The summed E-state index contributed by atoms with van der Waals surface area (Å²) in [6.45, 7) is 0. The smallest absolute Gasteiger partial charge is 0.202 e. The van der Waals surface area contributed by atoms with Gasteiger partial charge in [0.05, 0.1) is 11.7 Å². The molecule has 5 nitrogen and oxygen atoms in total. The van der Waals surface area contributed by atoms with E-state index in [9.17, 15) is 0 Å². The number of H-pyrrole nitrogens is 1. The van der Waals surface area contributed by atoms with Gasteiger partial charge in [0.2, 0.25) is 5.65 Å². The number of rotatable bonds is 1. The molecular formula is C17H11N5. The Kier molecular flexibility index (Phi) is 2.16. The number of aromatic nitrogens is 5. The van der Waals surface area contributed by atoms with Crippen molar-refractivity contribution in [3.63, 3.8) is 0 Å². The first-order chi connectivity index (χ1) is 10.9. The van der Waals surface area contributed by atoms with Crippen LogP contribution in [0, 0.1) is 0 Å². The minimum atomic E-state index is 0.743. The van der Waals surface area contributed by atoms with Gasteiger partial charge in [0.15, 0.2) is 5.82 Å². The number of hydrogen-bond acceptors (Lipinski definition) is 3. The van der Waals surface area contributed by atoms with Crippen molar-refractivity contribution in [2.45, 2.75) is 0 Å². The molecule has 0 fully saturated rings. The van der Waals surface area contributed by atoms with Crippen molar-refractivity contribution >= 4 is 27.5 Å². The Hall–Kier alpha value is -3.21. The summed E-state index contributed by atoms with van der Waals surface area (Å²) in [4.78, 5) is 3.42. The number of fused-ring (bicyclic) bond motifs is 5. The predicted molar refractivity (Wildman–Crippen MR) is 85.6 cm³/mol. The average Bonchev–Trinajstić information content (AvgIpc) is 3.16. The van der Waals surface area contributed by atoms with Gasteiger partial charge in [-0.2, -0.15) is 9.61 Å². The van der Waals surface area contributed by atoms with Crippen LogP contribution < -0.4 is 0 Å². The van der Waals surface area contributed by atoms with Gasteiger partial charge in [-0.1, -0.05) is 48.5 Å². The third-order valence-electron chi connectivity index (χ3n) is 3.94. The molecule has 104 valence electrons. The third-order valence-corrected chi connectivity index (χ3v) is 3.94. The monoisotopic (exact) mass is 285 g/mol. The molecule has 0 amide bonds. The first kappa shape index (κ1) is 11.4. The van der Waals surface area contributed by atoms with E-state index in [1.807, 2.05) is 48.7 Å². The molecule has 0 aliphatic heterocycles. The molecule has 3 aromatic heterocycles. The van der Waals surface area contributed by atoms with Crippen LogP contribution in [0.3, 0.4) is 0 Å². The molecule has 1 N–H and O–H groups in total. The second kappa shape index (κ2) is 4.14. The fourth-order valence-electron chi connectivity index (χ4n) is 2.90. The fraction of sp³-hybridized carbons (Fsp3) is 0. The highest BCUT2D eigenvalue weighted by Crippen LogP contribution is 2.28. The maximum Gasteiger partial charge on any atom is 0.202 e. The summed E-state index contributed by atoms with van der Waals surface area (Å²) in [6.07, 6.45) is 1.87. The van der Waals surface area contributed by atoms with Crippen LogP contribution in [0.1, 0.15) is 0 Å². The highest BCUT2D eigenvalue weighted by Gasteiger charge is 2.14. The Balaban J connectivity index is 1.89. The first-order valence-corrected chi connectivity index (χ1v) is 7.08. The first-order valence-electron chi connectivity index (χ1n) is 7.08. The zero-order chi connectivity index (χ0) is 14.5. The van der Waals surface area contributed by atoms with E-state index in [0.29, 0.717) is 0 Å². The lowest BCUT2D eigenvalue weighted by atomic mass is 10.2. The van der Waals surface area contributed by atoms with Crippen LogP contribution in [0.5, 0.6) is 0 Å². The molecule has 5 aromatic rings. The van der Waals surface area contributed by atoms with Crippen LogP contribution in [0.25, 0.3) is 38.8 Å². The van der Waals surface area contributed by atoms with Crippen molar-refractivity contribution in [3.8, 4) is 11.4 Å². The Morgan fingerprint density at radius 3 is 2.55 bits per heavy atom. The molecule has 3 heterocycles. The quantitative estimate of drug-likeness (QED) is 0.513. The molecule has 5 heteroatoms. The van der Waals surface area contributed by atoms with E-state index in [1.54, 1.807) is 4.52 Å². The highest BCUT2D eigenvalue weighted by atomic mass is 15.4. The highest BCUT2D eigenvalue weighted by molar-refractivity contribution is 6.10. The fourth-order valence-corrected chi connectivity index (χ4v) is 2.90. The standard InChI is InChI=1S/C17H11N5/c1-2-6-11(7-3-1)16-20-21-17-15-13(10-18-22(16)17)12-8-4-5-9-14(12)19-15/h1-10,19H. The number of nitrogens with one attached hydrogen (secondary N) is 1. The second-order valence-corrected chi connectivity index (χ2v) is 5.23. The zero-order valence-corrected chi connectivity index (χ0v) is 11.6. The lowest BCUT2D eigenvalue weighted by molar-refractivity contribution is 0.945. The van der Waals surface area contributed by atoms with Crippen molar-refractivity contribution in [1.82, 2.24) is 24.8 Å². The summed E-state index contributed by atoms with van der Waals surface area (Å²) >= 11 is 0. The number of hydrogen-bond donors (Lipinski definition) is 1. The maximum absolute atomic E-state index is 4.54. The molecule has 0 aliphatic rings. The topological polar surface area (TPSA) is 58.9 Å². The van der Waals surface area contributed by atoms with Gasteiger partial charge in [-0.05, 0) is 6.07 Å². The predicted octanol–water partition coefficient (Wildman–Crippen LogP) is 3.43. The van der Waals surface area contributed by atoms with Crippen LogP contribution in [0.2, 0.25) is 0 Å². The molecular weight excluding hydrogens is 274 g/mol. The van der Waals surface area contributed by atoms with Crippen molar-refractivity contribution < 1.29 is 0 Å². The largest absolute Gasteiger partial charge is 0.351 e. The van der Waals surface area contributed by atoms with Gasteiger partial charge in [0, 0.05) is 21.9 Å².